The Bertz CT molecular complexity index is 140. The first-order valence-electron chi connectivity index (χ1n) is 4.56. The molecule has 1 rings (SSSR count). The SMILES string of the molecule is CCC(C)C1C=CC(I)CC1. The summed E-state index contributed by atoms with van der Waals surface area (Å²) in [5.41, 5.74) is 0. The first kappa shape index (κ1) is 9.56. The van der Waals surface area contributed by atoms with E-state index in [0.29, 0.717) is 0 Å². The highest BCUT2D eigenvalue weighted by molar-refractivity contribution is 14.1. The Kier molecular flexibility index (Phi) is 3.90. The molecular weight excluding hydrogens is 247 g/mol. The summed E-state index contributed by atoms with van der Waals surface area (Å²) in [4.78, 5) is 0. The molecule has 3 unspecified atom stereocenters. The molecule has 0 fully saturated rings. The summed E-state index contributed by atoms with van der Waals surface area (Å²) >= 11 is 2.52. The molecule has 0 bridgehead atoms. The van der Waals surface area contributed by atoms with E-state index in [1.54, 1.807) is 0 Å². The van der Waals surface area contributed by atoms with Gasteiger partial charge in [-0.3, -0.25) is 0 Å². The maximum Gasteiger partial charge on any atom is 0.0289 e. The van der Waals surface area contributed by atoms with Crippen molar-refractivity contribution in [1.82, 2.24) is 0 Å². The van der Waals surface area contributed by atoms with Gasteiger partial charge in [0.05, 0.1) is 0 Å². The van der Waals surface area contributed by atoms with Gasteiger partial charge in [0, 0.05) is 3.92 Å². The van der Waals surface area contributed by atoms with Crippen LogP contribution in [0.3, 0.4) is 0 Å². The molecule has 0 amide bonds. The van der Waals surface area contributed by atoms with Crippen LogP contribution in [0.15, 0.2) is 12.2 Å². The number of alkyl halides is 1. The van der Waals surface area contributed by atoms with Crippen molar-refractivity contribution in [3.63, 3.8) is 0 Å². The minimum Gasteiger partial charge on any atom is -0.0841 e. The maximum absolute atomic E-state index is 2.52. The molecule has 0 saturated heterocycles. The van der Waals surface area contributed by atoms with Crippen molar-refractivity contribution < 1.29 is 0 Å². The van der Waals surface area contributed by atoms with Gasteiger partial charge in [-0.1, -0.05) is 55.0 Å². The number of hydrogen-bond donors (Lipinski definition) is 0. The molecule has 0 aromatic carbocycles. The molecule has 1 aliphatic carbocycles. The van der Waals surface area contributed by atoms with Gasteiger partial charge in [-0.05, 0) is 24.7 Å². The molecule has 0 aromatic heterocycles. The molecule has 11 heavy (non-hydrogen) atoms. The predicted molar refractivity (Wildman–Crippen MR) is 59.1 cm³/mol. The fraction of sp³-hybridized carbons (Fsp3) is 0.800. The van der Waals surface area contributed by atoms with Crippen LogP contribution >= 0.6 is 22.6 Å². The van der Waals surface area contributed by atoms with Crippen molar-refractivity contribution in [2.24, 2.45) is 11.8 Å². The second kappa shape index (κ2) is 4.48. The lowest BCUT2D eigenvalue weighted by Crippen LogP contribution is -2.14. The maximum atomic E-state index is 2.52. The smallest absolute Gasteiger partial charge is 0.0289 e. The van der Waals surface area contributed by atoms with E-state index in [-0.39, 0.29) is 0 Å². The summed E-state index contributed by atoms with van der Waals surface area (Å²) in [5, 5.41) is 0. The van der Waals surface area contributed by atoms with Crippen LogP contribution in [0.2, 0.25) is 0 Å². The molecule has 1 aliphatic rings. The fourth-order valence-corrected chi connectivity index (χ4v) is 2.18. The second-order valence-electron chi connectivity index (χ2n) is 3.53. The van der Waals surface area contributed by atoms with Gasteiger partial charge >= 0.3 is 0 Å². The Morgan fingerprint density at radius 1 is 1.45 bits per heavy atom. The molecule has 0 radical (unpaired) electrons. The topological polar surface area (TPSA) is 0 Å². The van der Waals surface area contributed by atoms with Crippen LogP contribution in [0, 0.1) is 11.8 Å². The van der Waals surface area contributed by atoms with Crippen LogP contribution in [0.1, 0.15) is 33.1 Å². The van der Waals surface area contributed by atoms with Gasteiger partial charge in [-0.25, -0.2) is 0 Å². The van der Waals surface area contributed by atoms with Crippen molar-refractivity contribution in [2.75, 3.05) is 0 Å². The molecule has 0 N–H and O–H groups in total. The number of allylic oxidation sites excluding steroid dienone is 2. The van der Waals surface area contributed by atoms with Gasteiger partial charge in [0.25, 0.3) is 0 Å². The molecular formula is C10H17I. The van der Waals surface area contributed by atoms with Crippen LogP contribution in [0.5, 0.6) is 0 Å². The Labute approximate surface area is 83.6 Å². The number of halogens is 1. The molecule has 0 saturated carbocycles. The molecule has 0 aliphatic heterocycles. The van der Waals surface area contributed by atoms with Gasteiger partial charge in [-0.2, -0.15) is 0 Å². The van der Waals surface area contributed by atoms with E-state index >= 15 is 0 Å². The lowest BCUT2D eigenvalue weighted by atomic mass is 9.84. The van der Waals surface area contributed by atoms with Gasteiger partial charge in [0.1, 0.15) is 0 Å². The van der Waals surface area contributed by atoms with Crippen molar-refractivity contribution >= 4 is 22.6 Å². The molecule has 3 atom stereocenters. The van der Waals surface area contributed by atoms with Gasteiger partial charge in [0.15, 0.2) is 0 Å². The van der Waals surface area contributed by atoms with E-state index in [1.807, 2.05) is 0 Å². The molecule has 0 spiro atoms. The minimum atomic E-state index is 0.799. The normalized spacial score (nSPS) is 33.7. The Morgan fingerprint density at radius 2 is 2.18 bits per heavy atom. The Hall–Kier alpha value is 0.470. The van der Waals surface area contributed by atoms with Crippen LogP contribution < -0.4 is 0 Å². The third-order valence-corrected chi connectivity index (χ3v) is 3.76. The highest BCUT2D eigenvalue weighted by Crippen LogP contribution is 2.29. The summed E-state index contributed by atoms with van der Waals surface area (Å²) in [6.07, 6.45) is 8.90. The monoisotopic (exact) mass is 264 g/mol. The predicted octanol–water partition coefficient (Wildman–Crippen LogP) is 3.80. The highest BCUT2D eigenvalue weighted by Gasteiger charge is 2.17. The summed E-state index contributed by atoms with van der Waals surface area (Å²) in [6.45, 7) is 4.65. The van der Waals surface area contributed by atoms with E-state index in [4.69, 9.17) is 0 Å². The van der Waals surface area contributed by atoms with E-state index in [9.17, 15) is 0 Å². The van der Waals surface area contributed by atoms with Crippen molar-refractivity contribution in [1.29, 1.82) is 0 Å². The molecule has 0 nitrogen and oxygen atoms in total. The van der Waals surface area contributed by atoms with E-state index in [0.717, 1.165) is 15.8 Å². The highest BCUT2D eigenvalue weighted by atomic mass is 127. The van der Waals surface area contributed by atoms with Crippen LogP contribution in [0.25, 0.3) is 0 Å². The molecule has 0 aromatic rings. The lowest BCUT2D eigenvalue weighted by Gasteiger charge is -2.24. The third kappa shape index (κ3) is 2.77. The van der Waals surface area contributed by atoms with Crippen molar-refractivity contribution in [3.05, 3.63) is 12.2 Å². The Balaban J connectivity index is 2.43. The van der Waals surface area contributed by atoms with E-state index in [1.165, 1.54) is 19.3 Å². The summed E-state index contributed by atoms with van der Waals surface area (Å²) in [5.74, 6) is 1.75. The minimum absolute atomic E-state index is 0.799. The zero-order valence-electron chi connectivity index (χ0n) is 7.39. The number of rotatable bonds is 2. The van der Waals surface area contributed by atoms with Crippen LogP contribution in [-0.4, -0.2) is 3.92 Å². The molecule has 64 valence electrons. The standard InChI is InChI=1S/C10H17I/c1-3-8(2)9-4-6-10(11)7-5-9/h4,6,8-10H,3,5,7H2,1-2H3. The van der Waals surface area contributed by atoms with Gasteiger partial charge in [-0.15, -0.1) is 0 Å². The van der Waals surface area contributed by atoms with Crippen molar-refractivity contribution in [2.45, 2.75) is 37.0 Å². The summed E-state index contributed by atoms with van der Waals surface area (Å²) in [6, 6.07) is 0. The number of hydrogen-bond acceptors (Lipinski definition) is 0. The van der Waals surface area contributed by atoms with Gasteiger partial charge < -0.3 is 0 Å². The zero-order chi connectivity index (χ0) is 8.27. The largest absolute Gasteiger partial charge is 0.0841 e. The zero-order valence-corrected chi connectivity index (χ0v) is 9.54. The quantitative estimate of drug-likeness (QED) is 0.404. The first-order chi connectivity index (χ1) is 5.24. The Morgan fingerprint density at radius 3 is 2.64 bits per heavy atom. The summed E-state index contributed by atoms with van der Waals surface area (Å²) in [7, 11) is 0. The fourth-order valence-electron chi connectivity index (χ4n) is 1.58. The van der Waals surface area contributed by atoms with Crippen LogP contribution in [-0.2, 0) is 0 Å². The van der Waals surface area contributed by atoms with Gasteiger partial charge in [0.2, 0.25) is 0 Å². The lowest BCUT2D eigenvalue weighted by molar-refractivity contribution is 0.378. The average molecular weight is 264 g/mol. The van der Waals surface area contributed by atoms with E-state index < -0.39 is 0 Å². The molecule has 0 heterocycles. The molecule has 1 heteroatoms. The third-order valence-electron chi connectivity index (χ3n) is 2.72. The van der Waals surface area contributed by atoms with Crippen LogP contribution in [0.4, 0.5) is 0 Å². The van der Waals surface area contributed by atoms with E-state index in [2.05, 4.69) is 48.6 Å². The average Bonchev–Trinajstić information content (AvgIpc) is 2.05. The summed E-state index contributed by atoms with van der Waals surface area (Å²) < 4.78 is 0.799. The second-order valence-corrected chi connectivity index (χ2v) is 5.13. The van der Waals surface area contributed by atoms with Crippen molar-refractivity contribution in [3.8, 4) is 0 Å². The first-order valence-corrected chi connectivity index (χ1v) is 5.81.